The van der Waals surface area contributed by atoms with Crippen LogP contribution in [-0.4, -0.2) is 51.4 Å². The third-order valence-corrected chi connectivity index (χ3v) is 4.62. The molecule has 0 radical (unpaired) electrons. The summed E-state index contributed by atoms with van der Waals surface area (Å²) in [6.45, 7) is 1.57. The van der Waals surface area contributed by atoms with Crippen molar-refractivity contribution in [1.82, 2.24) is 10.2 Å². The zero-order valence-electron chi connectivity index (χ0n) is 15.2. The molecule has 5 nitrogen and oxygen atoms in total. The molecule has 0 bridgehead atoms. The Balaban J connectivity index is 1.72. The van der Waals surface area contributed by atoms with Crippen molar-refractivity contribution in [1.29, 1.82) is 0 Å². The number of carbonyl (C=O) groups is 1. The van der Waals surface area contributed by atoms with Crippen LogP contribution in [0.5, 0.6) is 0 Å². The van der Waals surface area contributed by atoms with Crippen LogP contribution in [0.15, 0.2) is 47.2 Å². The Morgan fingerprint density at radius 3 is 2.68 bits per heavy atom. The van der Waals surface area contributed by atoms with E-state index in [0.717, 1.165) is 37.0 Å². The van der Waals surface area contributed by atoms with Crippen LogP contribution >= 0.6 is 0 Å². The van der Waals surface area contributed by atoms with Gasteiger partial charge in [0.2, 0.25) is 6.29 Å². The minimum Gasteiger partial charge on any atom is -0.455 e. The van der Waals surface area contributed by atoms with Crippen LogP contribution in [0.3, 0.4) is 0 Å². The lowest BCUT2D eigenvalue weighted by atomic mass is 9.84. The summed E-state index contributed by atoms with van der Waals surface area (Å²) in [5, 5.41) is 2.93. The zero-order valence-corrected chi connectivity index (χ0v) is 15.2. The van der Waals surface area contributed by atoms with Gasteiger partial charge in [0, 0.05) is 25.6 Å². The number of ether oxygens (including phenoxy) is 2. The number of fused-ring (bicyclic) bond motifs is 1. The van der Waals surface area contributed by atoms with Crippen molar-refractivity contribution in [2.45, 2.75) is 25.6 Å². The molecular weight excluding hydrogens is 316 g/mol. The normalized spacial score (nSPS) is 19.0. The van der Waals surface area contributed by atoms with Crippen molar-refractivity contribution in [2.24, 2.45) is 0 Å². The molecule has 134 valence electrons. The van der Waals surface area contributed by atoms with Crippen molar-refractivity contribution in [3.63, 3.8) is 0 Å². The summed E-state index contributed by atoms with van der Waals surface area (Å²) in [4.78, 5) is 14.5. The second-order valence-corrected chi connectivity index (χ2v) is 6.78. The lowest BCUT2D eigenvalue weighted by Crippen LogP contribution is -2.34. The fraction of sp³-hybridized carbons (Fsp3) is 0.450. The molecule has 1 aliphatic heterocycles. The smallest absolute Gasteiger partial charge is 0.286 e. The molecule has 3 rings (SSSR count). The Labute approximate surface area is 149 Å². The Morgan fingerprint density at radius 2 is 2.00 bits per heavy atom. The van der Waals surface area contributed by atoms with Crippen LogP contribution in [0.4, 0.5) is 0 Å². The molecule has 1 aromatic rings. The molecule has 0 spiro atoms. The summed E-state index contributed by atoms with van der Waals surface area (Å²) in [7, 11) is 5.66. The molecule has 1 aromatic carbocycles. The van der Waals surface area contributed by atoms with Crippen LogP contribution in [-0.2, 0) is 27.1 Å². The first-order valence-electron chi connectivity index (χ1n) is 8.71. The molecule has 1 unspecified atom stereocenters. The van der Waals surface area contributed by atoms with Crippen molar-refractivity contribution in [2.75, 3.05) is 34.3 Å². The van der Waals surface area contributed by atoms with Gasteiger partial charge in [-0.25, -0.2) is 0 Å². The fourth-order valence-electron chi connectivity index (χ4n) is 3.29. The van der Waals surface area contributed by atoms with Crippen LogP contribution < -0.4 is 5.32 Å². The maximum atomic E-state index is 12.4. The van der Waals surface area contributed by atoms with Crippen LogP contribution in [0.25, 0.3) is 0 Å². The average molecular weight is 342 g/mol. The van der Waals surface area contributed by atoms with E-state index in [-0.39, 0.29) is 5.91 Å². The third kappa shape index (κ3) is 4.11. The highest BCUT2D eigenvalue weighted by atomic mass is 16.7. The molecule has 0 fully saturated rings. The SMILES string of the molecule is COC1OC(C(=O)NCCCN(C)C)=CC2=C1Cc1ccccc1C2. The van der Waals surface area contributed by atoms with E-state index in [1.807, 2.05) is 20.2 Å². The first-order chi connectivity index (χ1) is 12.1. The van der Waals surface area contributed by atoms with Crippen molar-refractivity contribution >= 4 is 5.91 Å². The molecule has 5 heteroatoms. The summed E-state index contributed by atoms with van der Waals surface area (Å²) >= 11 is 0. The number of nitrogens with zero attached hydrogens (tertiary/aromatic N) is 1. The minimum atomic E-state index is -0.490. The van der Waals surface area contributed by atoms with E-state index in [9.17, 15) is 4.79 Å². The summed E-state index contributed by atoms with van der Waals surface area (Å²) in [6.07, 6.45) is 3.91. The fourth-order valence-corrected chi connectivity index (χ4v) is 3.29. The summed E-state index contributed by atoms with van der Waals surface area (Å²) in [5.41, 5.74) is 4.86. The quantitative estimate of drug-likeness (QED) is 0.804. The van der Waals surface area contributed by atoms with Crippen molar-refractivity contribution in [3.05, 3.63) is 58.4 Å². The first-order valence-corrected chi connectivity index (χ1v) is 8.71. The molecule has 1 heterocycles. The van der Waals surface area contributed by atoms with Crippen LogP contribution in [0.1, 0.15) is 17.5 Å². The number of amides is 1. The van der Waals surface area contributed by atoms with Crippen LogP contribution in [0, 0.1) is 0 Å². The van der Waals surface area contributed by atoms with E-state index in [1.165, 1.54) is 11.1 Å². The Morgan fingerprint density at radius 1 is 1.28 bits per heavy atom. The monoisotopic (exact) mass is 342 g/mol. The second-order valence-electron chi connectivity index (χ2n) is 6.78. The highest BCUT2D eigenvalue weighted by molar-refractivity contribution is 5.92. The molecule has 1 aliphatic carbocycles. The van der Waals surface area contributed by atoms with Gasteiger partial charge in [0.25, 0.3) is 5.91 Å². The molecule has 25 heavy (non-hydrogen) atoms. The van der Waals surface area contributed by atoms with Gasteiger partial charge in [-0.3, -0.25) is 4.79 Å². The zero-order chi connectivity index (χ0) is 17.8. The lowest BCUT2D eigenvalue weighted by molar-refractivity contribution is -0.129. The van der Waals surface area contributed by atoms with E-state index < -0.39 is 6.29 Å². The molecule has 0 aromatic heterocycles. The van der Waals surface area contributed by atoms with Gasteiger partial charge in [0.1, 0.15) is 0 Å². The van der Waals surface area contributed by atoms with Gasteiger partial charge < -0.3 is 19.7 Å². The van der Waals surface area contributed by atoms with Gasteiger partial charge in [0.05, 0.1) is 0 Å². The maximum absolute atomic E-state index is 12.4. The highest BCUT2D eigenvalue weighted by Crippen LogP contribution is 2.34. The predicted molar refractivity (Wildman–Crippen MR) is 97.0 cm³/mol. The van der Waals surface area contributed by atoms with E-state index in [0.29, 0.717) is 12.3 Å². The van der Waals surface area contributed by atoms with Gasteiger partial charge in [0.15, 0.2) is 5.76 Å². The molecule has 0 saturated carbocycles. The summed E-state index contributed by atoms with van der Waals surface area (Å²) in [5.74, 6) is 0.168. The van der Waals surface area contributed by atoms with Crippen molar-refractivity contribution < 1.29 is 14.3 Å². The standard InChI is InChI=1S/C20H26N2O3/c1-22(2)10-6-9-21-19(23)18-13-16-11-14-7-4-5-8-15(14)12-17(16)20(24-3)25-18/h4-5,7-8,13,20H,6,9-12H2,1-3H3,(H,21,23). The number of carbonyl (C=O) groups excluding carboxylic acids is 1. The lowest BCUT2D eigenvalue weighted by Gasteiger charge is -2.31. The topological polar surface area (TPSA) is 50.8 Å². The van der Waals surface area contributed by atoms with E-state index in [2.05, 4.69) is 34.5 Å². The van der Waals surface area contributed by atoms with Gasteiger partial charge >= 0.3 is 0 Å². The minimum absolute atomic E-state index is 0.175. The molecule has 0 saturated heterocycles. The highest BCUT2D eigenvalue weighted by Gasteiger charge is 2.31. The Hall–Kier alpha value is -2.11. The first kappa shape index (κ1) is 17.7. The van der Waals surface area contributed by atoms with Crippen molar-refractivity contribution in [3.8, 4) is 0 Å². The Bertz CT molecular complexity index is 707. The van der Waals surface area contributed by atoms with E-state index in [4.69, 9.17) is 9.47 Å². The maximum Gasteiger partial charge on any atom is 0.286 e. The number of hydrogen-bond donors (Lipinski definition) is 1. The number of allylic oxidation sites excluding steroid dienone is 2. The number of hydrogen-bond acceptors (Lipinski definition) is 4. The van der Waals surface area contributed by atoms with Gasteiger partial charge in [-0.1, -0.05) is 24.3 Å². The number of nitrogens with one attached hydrogen (secondary N) is 1. The number of methoxy groups -OCH3 is 1. The van der Waals surface area contributed by atoms with Gasteiger partial charge in [-0.15, -0.1) is 0 Å². The number of benzene rings is 1. The largest absolute Gasteiger partial charge is 0.455 e. The van der Waals surface area contributed by atoms with Gasteiger partial charge in [-0.2, -0.15) is 0 Å². The summed E-state index contributed by atoms with van der Waals surface area (Å²) in [6, 6.07) is 8.39. The molecule has 1 atom stereocenters. The van der Waals surface area contributed by atoms with E-state index >= 15 is 0 Å². The molecule has 1 N–H and O–H groups in total. The van der Waals surface area contributed by atoms with Gasteiger partial charge in [-0.05, 0) is 56.3 Å². The van der Waals surface area contributed by atoms with Crippen LogP contribution in [0.2, 0.25) is 0 Å². The number of rotatable bonds is 6. The average Bonchev–Trinajstić information content (AvgIpc) is 2.62. The summed E-state index contributed by atoms with van der Waals surface area (Å²) < 4.78 is 11.3. The third-order valence-electron chi connectivity index (χ3n) is 4.62. The predicted octanol–water partition coefficient (Wildman–Crippen LogP) is 2.04. The molecular formula is C20H26N2O3. The Kier molecular flexibility index (Phi) is 5.56. The molecule has 1 amide bonds. The van der Waals surface area contributed by atoms with E-state index in [1.54, 1.807) is 7.11 Å². The molecule has 2 aliphatic rings. The second kappa shape index (κ2) is 7.85.